The van der Waals surface area contributed by atoms with Crippen molar-refractivity contribution in [3.05, 3.63) is 53.9 Å². The molecule has 1 aromatic carbocycles. The minimum absolute atomic E-state index is 0.0645. The van der Waals surface area contributed by atoms with Gasteiger partial charge in [0.25, 0.3) is 5.91 Å². The van der Waals surface area contributed by atoms with Crippen molar-refractivity contribution in [2.75, 3.05) is 0 Å². The van der Waals surface area contributed by atoms with E-state index in [1.165, 1.54) is 6.07 Å². The topological polar surface area (TPSA) is 91.7 Å². The lowest BCUT2D eigenvalue weighted by atomic mass is 9.89. The second-order valence-electron chi connectivity index (χ2n) is 7.28. The van der Waals surface area contributed by atoms with Gasteiger partial charge in [0, 0.05) is 6.20 Å². The fourth-order valence-corrected chi connectivity index (χ4v) is 3.36. The van der Waals surface area contributed by atoms with Crippen molar-refractivity contribution in [1.29, 1.82) is 0 Å². The van der Waals surface area contributed by atoms with E-state index in [1.54, 1.807) is 30.6 Å². The third kappa shape index (κ3) is 4.57. The number of nitrogens with zero attached hydrogens (tertiary/aromatic N) is 1. The van der Waals surface area contributed by atoms with Gasteiger partial charge in [-0.1, -0.05) is 19.9 Å². The van der Waals surface area contributed by atoms with E-state index in [0.29, 0.717) is 18.6 Å². The average molecular weight is 370 g/mol. The van der Waals surface area contributed by atoms with Crippen LogP contribution in [0.3, 0.4) is 0 Å². The number of nitrogens with one attached hydrogen (secondary N) is 1. The third-order valence-corrected chi connectivity index (χ3v) is 4.97. The van der Waals surface area contributed by atoms with Crippen molar-refractivity contribution < 1.29 is 19.7 Å². The predicted molar refractivity (Wildman–Crippen MR) is 102 cm³/mol. The smallest absolute Gasteiger partial charge is 0.255 e. The zero-order valence-electron chi connectivity index (χ0n) is 15.6. The summed E-state index contributed by atoms with van der Waals surface area (Å²) in [6.45, 7) is 4.05. The van der Waals surface area contributed by atoms with Crippen LogP contribution in [-0.4, -0.2) is 39.4 Å². The van der Waals surface area contributed by atoms with Crippen molar-refractivity contribution in [3.63, 3.8) is 0 Å². The molecule has 6 nitrogen and oxygen atoms in total. The van der Waals surface area contributed by atoms with Crippen LogP contribution >= 0.6 is 0 Å². The Kier molecular flexibility index (Phi) is 5.96. The molecule has 6 heteroatoms. The molecular weight excluding hydrogens is 344 g/mol. The average Bonchev–Trinajstić information content (AvgIpc) is 2.66. The highest BCUT2D eigenvalue weighted by atomic mass is 16.5. The molecular formula is C21H26N2O4. The number of aromatic nitrogens is 1. The molecule has 1 heterocycles. The molecule has 27 heavy (non-hydrogen) atoms. The molecule has 3 atom stereocenters. The van der Waals surface area contributed by atoms with Gasteiger partial charge in [0.1, 0.15) is 23.7 Å². The largest absolute Gasteiger partial charge is 0.507 e. The van der Waals surface area contributed by atoms with Gasteiger partial charge in [-0.2, -0.15) is 0 Å². The van der Waals surface area contributed by atoms with Crippen LogP contribution in [0.25, 0.3) is 0 Å². The number of phenolic OH excluding ortho intramolecular Hbond substituents is 1. The molecule has 3 rings (SSSR count). The highest BCUT2D eigenvalue weighted by Gasteiger charge is 2.34. The van der Waals surface area contributed by atoms with E-state index < -0.39 is 18.2 Å². The lowest BCUT2D eigenvalue weighted by Gasteiger charge is -2.35. The molecule has 1 amide bonds. The van der Waals surface area contributed by atoms with Crippen LogP contribution in [0.15, 0.2) is 42.7 Å². The third-order valence-electron chi connectivity index (χ3n) is 4.97. The number of benzene rings is 1. The number of carbonyl (C=O) groups is 1. The zero-order chi connectivity index (χ0) is 19.4. The summed E-state index contributed by atoms with van der Waals surface area (Å²) >= 11 is 0. The van der Waals surface area contributed by atoms with E-state index in [4.69, 9.17) is 4.74 Å². The van der Waals surface area contributed by atoms with Gasteiger partial charge in [0.2, 0.25) is 0 Å². The monoisotopic (exact) mass is 370 g/mol. The van der Waals surface area contributed by atoms with E-state index in [0.717, 1.165) is 12.0 Å². The fraction of sp³-hybridized carbons (Fsp3) is 0.429. The van der Waals surface area contributed by atoms with E-state index in [2.05, 4.69) is 10.3 Å². The Balaban J connectivity index is 1.69. The predicted octanol–water partition coefficient (Wildman–Crippen LogP) is 3.00. The summed E-state index contributed by atoms with van der Waals surface area (Å²) in [4.78, 5) is 16.7. The molecule has 2 aromatic rings. The maximum Gasteiger partial charge on any atom is 0.255 e. The van der Waals surface area contributed by atoms with Gasteiger partial charge in [0.05, 0.1) is 17.8 Å². The number of ether oxygens (including phenoxy) is 1. The minimum Gasteiger partial charge on any atom is -0.507 e. The number of hydrogen-bond donors (Lipinski definition) is 3. The number of aliphatic hydroxyl groups excluding tert-OH is 1. The first-order valence-corrected chi connectivity index (χ1v) is 9.34. The molecule has 3 N–H and O–H groups in total. The highest BCUT2D eigenvalue weighted by molar-refractivity contribution is 5.97. The zero-order valence-corrected chi connectivity index (χ0v) is 15.6. The van der Waals surface area contributed by atoms with Gasteiger partial charge in [0.15, 0.2) is 0 Å². The van der Waals surface area contributed by atoms with Gasteiger partial charge in [-0.25, -0.2) is 0 Å². The van der Waals surface area contributed by atoms with Gasteiger partial charge in [-0.05, 0) is 55.0 Å². The Morgan fingerprint density at radius 3 is 2.81 bits per heavy atom. The summed E-state index contributed by atoms with van der Waals surface area (Å²) in [7, 11) is 0. The molecule has 0 aliphatic heterocycles. The Bertz CT molecular complexity index is 779. The molecule has 0 unspecified atom stereocenters. The van der Waals surface area contributed by atoms with Gasteiger partial charge in [-0.15, -0.1) is 0 Å². The van der Waals surface area contributed by atoms with Crippen molar-refractivity contribution in [1.82, 2.24) is 10.3 Å². The van der Waals surface area contributed by atoms with E-state index in [-0.39, 0.29) is 23.1 Å². The SMILES string of the molecule is CC(C)c1ccc(O)c(C(=O)N[C@@H]2CCC[C@@H](Oc3cccnc3)[C@@H]2O)c1. The van der Waals surface area contributed by atoms with Crippen LogP contribution in [0.2, 0.25) is 0 Å². The molecule has 0 radical (unpaired) electrons. The Morgan fingerprint density at radius 2 is 2.11 bits per heavy atom. The van der Waals surface area contributed by atoms with E-state index in [1.807, 2.05) is 19.9 Å². The molecule has 144 valence electrons. The lowest BCUT2D eigenvalue weighted by Crippen LogP contribution is -2.52. The standard InChI is InChI=1S/C21H26N2O4/c1-13(2)14-8-9-18(24)16(11-14)21(26)23-17-6-3-7-19(20(17)25)27-15-5-4-10-22-12-15/h4-5,8-13,17,19-20,24-25H,3,6-7H2,1-2H3,(H,23,26)/t17-,19-,20-/m1/s1. The van der Waals surface area contributed by atoms with Crippen molar-refractivity contribution in [2.24, 2.45) is 0 Å². The van der Waals surface area contributed by atoms with Gasteiger partial charge in [-0.3, -0.25) is 9.78 Å². The lowest BCUT2D eigenvalue weighted by molar-refractivity contribution is -0.0142. The van der Waals surface area contributed by atoms with Crippen LogP contribution in [0, 0.1) is 0 Å². The summed E-state index contributed by atoms with van der Waals surface area (Å²) in [6.07, 6.45) is 4.20. The fourth-order valence-electron chi connectivity index (χ4n) is 3.36. The number of carbonyl (C=O) groups excluding carboxylic acids is 1. The van der Waals surface area contributed by atoms with Gasteiger partial charge < -0.3 is 20.3 Å². The van der Waals surface area contributed by atoms with Crippen molar-refractivity contribution in [3.8, 4) is 11.5 Å². The molecule has 1 fully saturated rings. The molecule has 0 bridgehead atoms. The van der Waals surface area contributed by atoms with E-state index in [9.17, 15) is 15.0 Å². The number of hydrogen-bond acceptors (Lipinski definition) is 5. The van der Waals surface area contributed by atoms with Crippen LogP contribution < -0.4 is 10.1 Å². The maximum absolute atomic E-state index is 12.7. The number of amides is 1. The normalized spacial score (nSPS) is 22.4. The second-order valence-corrected chi connectivity index (χ2v) is 7.28. The summed E-state index contributed by atoms with van der Waals surface area (Å²) in [5.41, 5.74) is 1.20. The maximum atomic E-state index is 12.7. The summed E-state index contributed by atoms with van der Waals surface area (Å²) in [5.74, 6) is 0.386. The first-order valence-electron chi connectivity index (χ1n) is 9.34. The number of aromatic hydroxyl groups is 1. The highest BCUT2D eigenvalue weighted by Crippen LogP contribution is 2.26. The molecule has 0 spiro atoms. The summed E-state index contributed by atoms with van der Waals surface area (Å²) in [6, 6.07) is 8.18. The first kappa shape index (κ1) is 19.2. The van der Waals surface area contributed by atoms with E-state index >= 15 is 0 Å². The Hall–Kier alpha value is -2.60. The van der Waals surface area contributed by atoms with Crippen molar-refractivity contribution >= 4 is 5.91 Å². The molecule has 1 aliphatic rings. The summed E-state index contributed by atoms with van der Waals surface area (Å²) in [5, 5.41) is 23.6. The molecule has 1 saturated carbocycles. The number of phenols is 1. The Morgan fingerprint density at radius 1 is 1.30 bits per heavy atom. The van der Waals surface area contributed by atoms with Crippen molar-refractivity contribution in [2.45, 2.75) is 57.3 Å². The van der Waals surface area contributed by atoms with Crippen LogP contribution in [0.1, 0.15) is 54.9 Å². The summed E-state index contributed by atoms with van der Waals surface area (Å²) < 4.78 is 5.85. The number of aliphatic hydroxyl groups is 1. The minimum atomic E-state index is -0.835. The van der Waals surface area contributed by atoms with Crippen LogP contribution in [-0.2, 0) is 0 Å². The molecule has 0 saturated heterocycles. The molecule has 1 aromatic heterocycles. The number of pyridine rings is 1. The second kappa shape index (κ2) is 8.39. The first-order chi connectivity index (χ1) is 13.0. The number of rotatable bonds is 5. The van der Waals surface area contributed by atoms with Gasteiger partial charge >= 0.3 is 0 Å². The Labute approximate surface area is 159 Å². The van der Waals surface area contributed by atoms with Crippen LogP contribution in [0.5, 0.6) is 11.5 Å². The van der Waals surface area contributed by atoms with Crippen LogP contribution in [0.4, 0.5) is 0 Å². The molecule has 1 aliphatic carbocycles. The quantitative estimate of drug-likeness (QED) is 0.752.